The summed E-state index contributed by atoms with van der Waals surface area (Å²) in [6.45, 7) is 9.53. The summed E-state index contributed by atoms with van der Waals surface area (Å²) in [5, 5.41) is 14.0. The zero-order valence-electron chi connectivity index (χ0n) is 21.1. The standard InChI is InChI=1S/C25H39N9O/c1-18-14-23(31-30-18)28-22-16-24(33-12-10-32(2)11-13-33)29-21(27-22)15-19-5-8-34(9-6-19)25(35)20-4-3-7-26-17-20/h14,16,19-20,26H,3-13,15,17H2,1-2H3,(H2,27,28,29,30,31)/t20-/m1/s1. The van der Waals surface area contributed by atoms with Crippen LogP contribution >= 0.6 is 0 Å². The molecule has 0 bridgehead atoms. The predicted octanol–water partition coefficient (Wildman–Crippen LogP) is 1.78. The predicted molar refractivity (Wildman–Crippen MR) is 137 cm³/mol. The number of piperazine rings is 1. The summed E-state index contributed by atoms with van der Waals surface area (Å²) < 4.78 is 0. The molecule has 10 nitrogen and oxygen atoms in total. The van der Waals surface area contributed by atoms with Gasteiger partial charge in [0, 0.05) is 70.1 Å². The minimum atomic E-state index is 0.156. The number of carbonyl (C=O) groups excluding carboxylic acids is 1. The zero-order chi connectivity index (χ0) is 24.2. The third-order valence-corrected chi connectivity index (χ3v) is 7.59. The van der Waals surface area contributed by atoms with E-state index >= 15 is 0 Å². The first-order valence-electron chi connectivity index (χ1n) is 13.1. The Kier molecular flexibility index (Phi) is 7.48. The van der Waals surface area contributed by atoms with Crippen LogP contribution < -0.4 is 15.5 Å². The second-order valence-electron chi connectivity index (χ2n) is 10.4. The number of rotatable bonds is 6. The van der Waals surface area contributed by atoms with Crippen molar-refractivity contribution in [2.45, 2.75) is 39.0 Å². The maximum absolute atomic E-state index is 12.9. The molecule has 3 fully saturated rings. The van der Waals surface area contributed by atoms with Crippen molar-refractivity contribution >= 4 is 23.4 Å². The Morgan fingerprint density at radius 1 is 1.06 bits per heavy atom. The third-order valence-electron chi connectivity index (χ3n) is 7.59. The molecule has 3 aliphatic heterocycles. The van der Waals surface area contributed by atoms with Gasteiger partial charge < -0.3 is 25.3 Å². The Morgan fingerprint density at radius 2 is 1.86 bits per heavy atom. The minimum absolute atomic E-state index is 0.156. The quantitative estimate of drug-likeness (QED) is 0.574. The summed E-state index contributed by atoms with van der Waals surface area (Å²) >= 11 is 0. The van der Waals surface area contributed by atoms with Crippen LogP contribution in [0.15, 0.2) is 12.1 Å². The third kappa shape index (κ3) is 6.10. The van der Waals surface area contributed by atoms with Gasteiger partial charge in [0.2, 0.25) is 5.91 Å². The van der Waals surface area contributed by atoms with Gasteiger partial charge in [-0.3, -0.25) is 9.89 Å². The molecule has 190 valence electrons. The van der Waals surface area contributed by atoms with Gasteiger partial charge in [-0.15, -0.1) is 0 Å². The highest BCUT2D eigenvalue weighted by Gasteiger charge is 2.29. The Morgan fingerprint density at radius 3 is 2.54 bits per heavy atom. The molecule has 0 unspecified atom stereocenters. The molecule has 5 heterocycles. The van der Waals surface area contributed by atoms with Gasteiger partial charge in [0.05, 0.1) is 5.92 Å². The second kappa shape index (κ2) is 10.9. The van der Waals surface area contributed by atoms with Crippen molar-refractivity contribution in [3.63, 3.8) is 0 Å². The first kappa shape index (κ1) is 24.0. The SMILES string of the molecule is Cc1cc(Nc2cc(N3CCN(C)CC3)nc(CC3CCN(C(=O)[C@@H]4CCCNC4)CC3)n2)n[nH]1. The van der Waals surface area contributed by atoms with Crippen LogP contribution in [0.1, 0.15) is 37.2 Å². The number of nitrogens with zero attached hydrogens (tertiary/aromatic N) is 6. The van der Waals surface area contributed by atoms with E-state index in [1.54, 1.807) is 0 Å². The number of likely N-dealkylation sites (N-methyl/N-ethyl adjacent to an activating group) is 1. The number of amides is 1. The van der Waals surface area contributed by atoms with Crippen molar-refractivity contribution in [2.75, 3.05) is 69.6 Å². The number of hydrogen-bond acceptors (Lipinski definition) is 8. The van der Waals surface area contributed by atoms with Gasteiger partial charge in [-0.05, 0) is 52.1 Å². The molecule has 2 aromatic heterocycles. The van der Waals surface area contributed by atoms with Crippen molar-refractivity contribution in [3.05, 3.63) is 23.7 Å². The molecule has 1 atom stereocenters. The van der Waals surface area contributed by atoms with Crippen molar-refractivity contribution in [1.82, 2.24) is 35.3 Å². The van der Waals surface area contributed by atoms with Crippen LogP contribution in [0, 0.1) is 18.8 Å². The van der Waals surface area contributed by atoms with Crippen LogP contribution in [0.5, 0.6) is 0 Å². The fourth-order valence-corrected chi connectivity index (χ4v) is 5.39. The molecule has 0 radical (unpaired) electrons. The zero-order valence-corrected chi connectivity index (χ0v) is 21.1. The fraction of sp³-hybridized carbons (Fsp3) is 0.680. The van der Waals surface area contributed by atoms with Crippen LogP contribution in [0.2, 0.25) is 0 Å². The summed E-state index contributed by atoms with van der Waals surface area (Å²) in [4.78, 5) is 29.6. The molecule has 1 amide bonds. The van der Waals surface area contributed by atoms with Crippen LogP contribution in [-0.2, 0) is 11.2 Å². The monoisotopic (exact) mass is 481 g/mol. The summed E-state index contributed by atoms with van der Waals surface area (Å²) in [5.41, 5.74) is 1.01. The summed E-state index contributed by atoms with van der Waals surface area (Å²) in [7, 11) is 2.16. The number of aromatic nitrogens is 4. The normalized spacial score (nSPS) is 22.4. The molecule has 0 aliphatic carbocycles. The highest BCUT2D eigenvalue weighted by atomic mass is 16.2. The molecule has 3 aliphatic rings. The van der Waals surface area contributed by atoms with E-state index in [2.05, 4.69) is 42.6 Å². The van der Waals surface area contributed by atoms with E-state index in [0.717, 1.165) is 113 Å². The minimum Gasteiger partial charge on any atom is -0.354 e. The Balaban J connectivity index is 1.25. The fourth-order valence-electron chi connectivity index (χ4n) is 5.39. The molecule has 5 rings (SSSR count). The van der Waals surface area contributed by atoms with Crippen molar-refractivity contribution < 1.29 is 4.79 Å². The molecule has 10 heteroatoms. The van der Waals surface area contributed by atoms with Gasteiger partial charge in [0.25, 0.3) is 0 Å². The summed E-state index contributed by atoms with van der Waals surface area (Å²) in [6, 6.07) is 4.02. The lowest BCUT2D eigenvalue weighted by Crippen LogP contribution is -2.46. The molecular weight excluding hydrogens is 442 g/mol. The number of aryl methyl sites for hydroxylation is 1. The van der Waals surface area contributed by atoms with Gasteiger partial charge in [-0.2, -0.15) is 5.10 Å². The second-order valence-corrected chi connectivity index (χ2v) is 10.4. The number of hydrogen-bond donors (Lipinski definition) is 3. The molecular formula is C25H39N9O. The van der Waals surface area contributed by atoms with E-state index in [9.17, 15) is 4.79 Å². The number of carbonyl (C=O) groups is 1. The lowest BCUT2D eigenvalue weighted by Gasteiger charge is -2.35. The average Bonchev–Trinajstić information content (AvgIpc) is 3.29. The number of aromatic amines is 1. The number of piperidine rings is 2. The number of likely N-dealkylation sites (tertiary alicyclic amines) is 1. The van der Waals surface area contributed by atoms with E-state index < -0.39 is 0 Å². The van der Waals surface area contributed by atoms with Crippen molar-refractivity contribution in [1.29, 1.82) is 0 Å². The van der Waals surface area contributed by atoms with Gasteiger partial charge in [-0.1, -0.05) is 0 Å². The van der Waals surface area contributed by atoms with Crippen molar-refractivity contribution in [2.24, 2.45) is 11.8 Å². The van der Waals surface area contributed by atoms with Crippen molar-refractivity contribution in [3.8, 4) is 0 Å². The maximum Gasteiger partial charge on any atom is 0.226 e. The van der Waals surface area contributed by atoms with E-state index in [1.165, 1.54) is 0 Å². The average molecular weight is 482 g/mol. The lowest BCUT2D eigenvalue weighted by atomic mass is 9.91. The maximum atomic E-state index is 12.9. The largest absolute Gasteiger partial charge is 0.354 e. The molecule has 0 aromatic carbocycles. The Labute approximate surface area is 207 Å². The van der Waals surface area contributed by atoms with Crippen LogP contribution in [0.3, 0.4) is 0 Å². The summed E-state index contributed by atoms with van der Waals surface area (Å²) in [5.74, 6) is 4.39. The molecule has 3 saturated heterocycles. The van der Waals surface area contributed by atoms with Crippen LogP contribution in [0.4, 0.5) is 17.5 Å². The number of nitrogens with one attached hydrogen (secondary N) is 3. The molecule has 2 aromatic rings. The highest BCUT2D eigenvalue weighted by molar-refractivity contribution is 5.79. The van der Waals surface area contributed by atoms with Crippen LogP contribution in [-0.4, -0.2) is 95.3 Å². The van der Waals surface area contributed by atoms with E-state index in [1.807, 2.05) is 19.1 Å². The lowest BCUT2D eigenvalue weighted by molar-refractivity contribution is -0.137. The molecule has 0 spiro atoms. The highest BCUT2D eigenvalue weighted by Crippen LogP contribution is 2.26. The van der Waals surface area contributed by atoms with Gasteiger partial charge in [0.1, 0.15) is 17.5 Å². The van der Waals surface area contributed by atoms with E-state index in [-0.39, 0.29) is 5.92 Å². The van der Waals surface area contributed by atoms with Crippen LogP contribution in [0.25, 0.3) is 0 Å². The Hall–Kier alpha value is -2.72. The van der Waals surface area contributed by atoms with E-state index in [0.29, 0.717) is 11.8 Å². The smallest absolute Gasteiger partial charge is 0.226 e. The molecule has 35 heavy (non-hydrogen) atoms. The van der Waals surface area contributed by atoms with Gasteiger partial charge in [-0.25, -0.2) is 9.97 Å². The van der Waals surface area contributed by atoms with Gasteiger partial charge in [0.15, 0.2) is 5.82 Å². The molecule has 3 N–H and O–H groups in total. The first-order chi connectivity index (χ1) is 17.0. The first-order valence-corrected chi connectivity index (χ1v) is 13.1. The summed E-state index contributed by atoms with van der Waals surface area (Å²) in [6.07, 6.45) is 4.97. The number of anilines is 3. The molecule has 0 saturated carbocycles. The Bertz CT molecular complexity index is 987. The topological polar surface area (TPSA) is 105 Å². The number of H-pyrrole nitrogens is 1. The van der Waals surface area contributed by atoms with Gasteiger partial charge >= 0.3 is 0 Å². The van der Waals surface area contributed by atoms with E-state index in [4.69, 9.17) is 9.97 Å².